The Morgan fingerprint density at radius 2 is 1.19 bits per heavy atom. The van der Waals surface area contributed by atoms with E-state index < -0.39 is 21.3 Å². The zero-order chi connectivity index (χ0) is 29.1. The van der Waals surface area contributed by atoms with E-state index in [-0.39, 0.29) is 0 Å². The van der Waals surface area contributed by atoms with Crippen LogP contribution in [0.3, 0.4) is 0 Å². The monoisotopic (exact) mass is 626 g/mol. The van der Waals surface area contributed by atoms with Gasteiger partial charge in [-0.2, -0.15) is 0 Å². The van der Waals surface area contributed by atoms with E-state index in [0.717, 1.165) is 12.8 Å². The standard InChI is InChI=1S/C17H17.C13H10.C11H17.Zr/c1-3-12-5-7-16-14(9-12)11-15-10-13(4-2)6-8-17(15)16;1-3-7-12(8-4-1)11-13-9-5-2-6-10-13;1-3-5-10-7-8-11(9-10)6-4-2;/h5-11H,3-4H2,1-2H3;1-10H;7-8,10H,3-6H2,1-2H3;. The molecule has 0 saturated carbocycles. The molecule has 0 N–H and O–H groups in total. The van der Waals surface area contributed by atoms with Gasteiger partial charge in [-0.05, 0) is 0 Å². The molecule has 0 spiro atoms. The third kappa shape index (κ3) is 5.46. The second kappa shape index (κ2) is 13.2. The summed E-state index contributed by atoms with van der Waals surface area (Å²) in [5, 5.41) is 0. The first-order chi connectivity index (χ1) is 20.7. The van der Waals surface area contributed by atoms with E-state index in [0.29, 0.717) is 9.54 Å². The van der Waals surface area contributed by atoms with Gasteiger partial charge in [0.15, 0.2) is 0 Å². The van der Waals surface area contributed by atoms with Crippen molar-refractivity contribution in [3.05, 3.63) is 151 Å². The molecular weight excluding hydrogens is 584 g/mol. The fourth-order valence-corrected chi connectivity index (χ4v) is 17.4. The molecule has 1 heteroatoms. The molecule has 0 amide bonds. The van der Waals surface area contributed by atoms with Gasteiger partial charge in [-0.25, -0.2) is 0 Å². The molecule has 1 atom stereocenters. The van der Waals surface area contributed by atoms with Crippen LogP contribution in [0.15, 0.2) is 118 Å². The summed E-state index contributed by atoms with van der Waals surface area (Å²) in [5.74, 6) is 0.560. The molecule has 1 unspecified atom stereocenters. The second-order valence-corrected chi connectivity index (χ2v) is 18.0. The number of hydrogen-bond acceptors (Lipinski definition) is 0. The first-order valence-corrected chi connectivity index (χ1v) is 20.1. The van der Waals surface area contributed by atoms with Crippen LogP contribution in [0, 0.1) is 5.92 Å². The van der Waals surface area contributed by atoms with Gasteiger partial charge in [0.25, 0.3) is 0 Å². The van der Waals surface area contributed by atoms with E-state index in [2.05, 4.69) is 137 Å². The minimum atomic E-state index is -2.77. The van der Waals surface area contributed by atoms with Crippen LogP contribution >= 0.6 is 0 Å². The molecule has 2 aliphatic rings. The van der Waals surface area contributed by atoms with Crippen molar-refractivity contribution in [3.63, 3.8) is 0 Å². The van der Waals surface area contributed by atoms with Gasteiger partial charge in [0, 0.05) is 0 Å². The van der Waals surface area contributed by atoms with Gasteiger partial charge in [0.2, 0.25) is 0 Å². The van der Waals surface area contributed by atoms with Crippen molar-refractivity contribution in [2.45, 2.75) is 69.8 Å². The Balaban J connectivity index is 1.78. The predicted molar refractivity (Wildman–Crippen MR) is 178 cm³/mol. The molecule has 6 rings (SSSR count). The first-order valence-electron chi connectivity index (χ1n) is 16.2. The summed E-state index contributed by atoms with van der Waals surface area (Å²) in [6.45, 7) is 9.33. The van der Waals surface area contributed by atoms with Crippen LogP contribution in [0.25, 0.3) is 11.1 Å². The summed E-state index contributed by atoms with van der Waals surface area (Å²) >= 11 is -2.77. The maximum atomic E-state index is 2.59. The molecule has 212 valence electrons. The molecule has 0 saturated heterocycles. The third-order valence-electron chi connectivity index (χ3n) is 9.30. The van der Waals surface area contributed by atoms with Gasteiger partial charge >= 0.3 is 263 Å². The molecule has 0 bridgehead atoms. The van der Waals surface area contributed by atoms with Crippen molar-refractivity contribution in [1.82, 2.24) is 0 Å². The van der Waals surface area contributed by atoms with E-state index >= 15 is 0 Å². The third-order valence-corrected chi connectivity index (χ3v) is 18.1. The average molecular weight is 628 g/mol. The van der Waals surface area contributed by atoms with E-state index in [4.69, 9.17) is 0 Å². The van der Waals surface area contributed by atoms with Crippen molar-refractivity contribution in [3.8, 4) is 11.1 Å². The van der Waals surface area contributed by atoms with Crippen LogP contribution in [0.5, 0.6) is 0 Å². The number of rotatable bonds is 10. The van der Waals surface area contributed by atoms with Crippen molar-refractivity contribution < 1.29 is 21.3 Å². The molecule has 42 heavy (non-hydrogen) atoms. The first kappa shape index (κ1) is 29.2. The van der Waals surface area contributed by atoms with Crippen LogP contribution in [-0.4, -0.2) is 3.21 Å². The van der Waals surface area contributed by atoms with Crippen molar-refractivity contribution >= 4 is 3.21 Å². The fourth-order valence-electron chi connectivity index (χ4n) is 7.30. The summed E-state index contributed by atoms with van der Waals surface area (Å²) in [4.78, 5) is 0. The topological polar surface area (TPSA) is 0 Å². The van der Waals surface area contributed by atoms with Gasteiger partial charge in [-0.15, -0.1) is 0 Å². The maximum absolute atomic E-state index is 2.77. The summed E-state index contributed by atoms with van der Waals surface area (Å²) in [5.41, 5.74) is 13.6. The van der Waals surface area contributed by atoms with Crippen molar-refractivity contribution in [2.75, 3.05) is 0 Å². The molecule has 4 aromatic carbocycles. The number of aryl methyl sites for hydroxylation is 2. The molecule has 0 fully saturated rings. The molecule has 0 aromatic heterocycles. The van der Waals surface area contributed by atoms with E-state index in [1.807, 2.05) is 3.28 Å². The van der Waals surface area contributed by atoms with Crippen LogP contribution in [0.2, 0.25) is 0 Å². The van der Waals surface area contributed by atoms with Crippen LogP contribution in [0.4, 0.5) is 0 Å². The number of hydrogen-bond donors (Lipinski definition) is 0. The van der Waals surface area contributed by atoms with Crippen LogP contribution in [-0.2, 0) is 34.1 Å². The molecule has 0 radical (unpaired) electrons. The fraction of sp³-hybridized carbons (Fsp3) is 0.293. The van der Waals surface area contributed by atoms with Gasteiger partial charge < -0.3 is 0 Å². The van der Waals surface area contributed by atoms with Gasteiger partial charge in [-0.1, -0.05) is 0 Å². The molecule has 4 aromatic rings. The molecule has 0 nitrogen and oxygen atoms in total. The van der Waals surface area contributed by atoms with Crippen molar-refractivity contribution in [1.29, 1.82) is 0 Å². The van der Waals surface area contributed by atoms with E-state index in [1.54, 1.807) is 19.9 Å². The molecule has 2 aliphatic carbocycles. The van der Waals surface area contributed by atoms with Crippen LogP contribution in [0.1, 0.15) is 90.4 Å². The summed E-state index contributed by atoms with van der Waals surface area (Å²) in [6.07, 6.45) is 12.1. The van der Waals surface area contributed by atoms with Gasteiger partial charge in [0.1, 0.15) is 0 Å². The number of fused-ring (bicyclic) bond motifs is 3. The Morgan fingerprint density at radius 3 is 1.67 bits per heavy atom. The molecular formula is C41H44Zr. The average Bonchev–Trinajstić information content (AvgIpc) is 3.58. The Morgan fingerprint density at radius 1 is 0.643 bits per heavy atom. The Bertz CT molecular complexity index is 1560. The zero-order valence-electron chi connectivity index (χ0n) is 25.8. The number of allylic oxidation sites excluding steroid dienone is 4. The van der Waals surface area contributed by atoms with Crippen molar-refractivity contribution in [2.24, 2.45) is 5.92 Å². The normalized spacial score (nSPS) is 15.7. The summed E-state index contributed by atoms with van der Waals surface area (Å²) in [6, 6.07) is 37.7. The zero-order valence-corrected chi connectivity index (χ0v) is 28.2. The second-order valence-electron chi connectivity index (χ2n) is 11.9. The SMILES string of the molecule is CCCC1=[C]([Zr](=[C](c2ccccc2)c2ccccc2)[CH]2c3cc(CC)ccc3-c3ccc(CC)cc32)C(CCC)C=C1. The van der Waals surface area contributed by atoms with Gasteiger partial charge in [-0.3, -0.25) is 0 Å². The Labute approximate surface area is 261 Å². The van der Waals surface area contributed by atoms with E-state index in [1.165, 1.54) is 59.1 Å². The quantitative estimate of drug-likeness (QED) is 0.164. The summed E-state index contributed by atoms with van der Waals surface area (Å²) < 4.78 is 3.99. The molecule has 0 aliphatic heterocycles. The minimum absolute atomic E-state index is 0.465. The van der Waals surface area contributed by atoms with Crippen LogP contribution < -0.4 is 0 Å². The molecule has 0 heterocycles. The number of benzene rings is 4. The van der Waals surface area contributed by atoms with E-state index in [9.17, 15) is 0 Å². The Hall–Kier alpha value is -2.89. The summed E-state index contributed by atoms with van der Waals surface area (Å²) in [7, 11) is 0. The van der Waals surface area contributed by atoms with Gasteiger partial charge in [0.05, 0.1) is 0 Å². The Kier molecular flexibility index (Phi) is 9.16. The predicted octanol–water partition coefficient (Wildman–Crippen LogP) is 10.8.